The standard InChI is InChI=1S/C26H25FN6O2S/c1-16-23-24(17-6-9-19(10-7-17)33-12-4-3-5-13-33)21(15-28)25(29-26(23)31-30-16)20-11-8-18(14-22(20)27)32-36(2,34)35/h6-11,14,32H,3-5,12-13H2,1-2H3,(H,29,30,31). The second kappa shape index (κ2) is 9.24. The molecule has 0 spiro atoms. The number of nitrogens with one attached hydrogen (secondary N) is 2. The summed E-state index contributed by atoms with van der Waals surface area (Å²) >= 11 is 0. The molecule has 2 aromatic heterocycles. The van der Waals surface area contributed by atoms with E-state index in [-0.39, 0.29) is 22.5 Å². The number of anilines is 2. The molecule has 8 nitrogen and oxygen atoms in total. The Morgan fingerprint density at radius 3 is 2.47 bits per heavy atom. The van der Waals surface area contributed by atoms with Gasteiger partial charge >= 0.3 is 0 Å². The lowest BCUT2D eigenvalue weighted by atomic mass is 9.93. The number of nitriles is 1. The summed E-state index contributed by atoms with van der Waals surface area (Å²) in [5.74, 6) is -0.703. The van der Waals surface area contributed by atoms with E-state index in [4.69, 9.17) is 0 Å². The molecule has 0 saturated carbocycles. The topological polar surface area (TPSA) is 115 Å². The first-order valence-electron chi connectivity index (χ1n) is 11.7. The molecule has 184 valence electrons. The van der Waals surface area contributed by atoms with Crippen LogP contribution in [-0.4, -0.2) is 42.9 Å². The number of rotatable bonds is 5. The Labute approximate surface area is 208 Å². The summed E-state index contributed by atoms with van der Waals surface area (Å²) in [7, 11) is -3.57. The van der Waals surface area contributed by atoms with E-state index >= 15 is 4.39 Å². The first-order valence-corrected chi connectivity index (χ1v) is 13.6. The number of aromatic amines is 1. The molecule has 0 unspecified atom stereocenters. The van der Waals surface area contributed by atoms with E-state index in [1.165, 1.54) is 31.4 Å². The second-order valence-electron chi connectivity index (χ2n) is 9.03. The number of pyridine rings is 1. The number of hydrogen-bond donors (Lipinski definition) is 2. The summed E-state index contributed by atoms with van der Waals surface area (Å²) in [6, 6.07) is 14.2. The number of benzene rings is 2. The van der Waals surface area contributed by atoms with Gasteiger partial charge in [-0.3, -0.25) is 9.82 Å². The van der Waals surface area contributed by atoms with Crippen LogP contribution in [0, 0.1) is 24.1 Å². The Bertz CT molecular complexity index is 1600. The van der Waals surface area contributed by atoms with Crippen molar-refractivity contribution >= 4 is 32.4 Å². The fourth-order valence-electron chi connectivity index (χ4n) is 4.77. The molecule has 1 aliphatic heterocycles. The van der Waals surface area contributed by atoms with Crippen molar-refractivity contribution in [2.75, 3.05) is 29.0 Å². The highest BCUT2D eigenvalue weighted by Gasteiger charge is 2.23. The highest BCUT2D eigenvalue weighted by atomic mass is 32.2. The molecule has 4 aromatic rings. The molecular weight excluding hydrogens is 479 g/mol. The lowest BCUT2D eigenvalue weighted by Gasteiger charge is -2.29. The third-order valence-electron chi connectivity index (χ3n) is 6.40. The Hall–Kier alpha value is -3.97. The number of halogens is 1. The van der Waals surface area contributed by atoms with Crippen LogP contribution in [0.2, 0.25) is 0 Å². The van der Waals surface area contributed by atoms with Crippen LogP contribution in [0.4, 0.5) is 15.8 Å². The van der Waals surface area contributed by atoms with E-state index < -0.39 is 15.8 Å². The van der Waals surface area contributed by atoms with Crippen molar-refractivity contribution in [3.8, 4) is 28.5 Å². The summed E-state index contributed by atoms with van der Waals surface area (Å²) in [6.45, 7) is 3.91. The lowest BCUT2D eigenvalue weighted by molar-refractivity contribution is 0.578. The monoisotopic (exact) mass is 504 g/mol. The van der Waals surface area contributed by atoms with Gasteiger partial charge in [-0.05, 0) is 62.1 Å². The third-order valence-corrected chi connectivity index (χ3v) is 7.01. The van der Waals surface area contributed by atoms with E-state index in [1.807, 2.05) is 19.1 Å². The van der Waals surface area contributed by atoms with Gasteiger partial charge in [-0.2, -0.15) is 10.4 Å². The van der Waals surface area contributed by atoms with Gasteiger partial charge in [0.25, 0.3) is 0 Å². The number of nitrogens with zero attached hydrogens (tertiary/aromatic N) is 4. The molecule has 0 bridgehead atoms. The Balaban J connectivity index is 1.66. The second-order valence-corrected chi connectivity index (χ2v) is 10.8. The van der Waals surface area contributed by atoms with Crippen molar-refractivity contribution in [3.05, 3.63) is 59.5 Å². The van der Waals surface area contributed by atoms with Gasteiger partial charge in [-0.25, -0.2) is 17.8 Å². The molecule has 1 saturated heterocycles. The predicted molar refractivity (Wildman–Crippen MR) is 139 cm³/mol. The number of H-pyrrole nitrogens is 1. The maximum absolute atomic E-state index is 15.2. The fourth-order valence-corrected chi connectivity index (χ4v) is 5.33. The largest absolute Gasteiger partial charge is 0.372 e. The first-order chi connectivity index (χ1) is 17.2. The summed E-state index contributed by atoms with van der Waals surface area (Å²) in [5, 5.41) is 18.1. The molecule has 5 rings (SSSR count). The molecule has 0 radical (unpaired) electrons. The van der Waals surface area contributed by atoms with Crippen LogP contribution < -0.4 is 9.62 Å². The van der Waals surface area contributed by atoms with E-state index in [0.29, 0.717) is 16.6 Å². The highest BCUT2D eigenvalue weighted by Crippen LogP contribution is 2.39. The van der Waals surface area contributed by atoms with E-state index in [0.717, 1.165) is 42.4 Å². The van der Waals surface area contributed by atoms with Gasteiger partial charge in [-0.15, -0.1) is 0 Å². The third kappa shape index (κ3) is 4.50. The normalized spacial score (nSPS) is 14.1. The Morgan fingerprint density at radius 2 is 1.83 bits per heavy atom. The molecule has 36 heavy (non-hydrogen) atoms. The SMILES string of the molecule is Cc1[nH]nc2nc(-c3ccc(NS(C)(=O)=O)cc3F)c(C#N)c(-c3ccc(N4CCCCC4)cc3)c12. The van der Waals surface area contributed by atoms with Crippen molar-refractivity contribution in [1.29, 1.82) is 5.26 Å². The van der Waals surface area contributed by atoms with Crippen molar-refractivity contribution in [1.82, 2.24) is 15.2 Å². The molecule has 10 heteroatoms. The van der Waals surface area contributed by atoms with Crippen LogP contribution in [0.1, 0.15) is 30.5 Å². The molecule has 1 fully saturated rings. The van der Waals surface area contributed by atoms with Crippen LogP contribution in [0.3, 0.4) is 0 Å². The molecule has 0 amide bonds. The van der Waals surface area contributed by atoms with Gasteiger partial charge in [0.1, 0.15) is 11.9 Å². The lowest BCUT2D eigenvalue weighted by Crippen LogP contribution is -2.29. The van der Waals surface area contributed by atoms with Crippen LogP contribution >= 0.6 is 0 Å². The fraction of sp³-hybridized carbons (Fsp3) is 0.269. The Morgan fingerprint density at radius 1 is 1.11 bits per heavy atom. The zero-order valence-corrected chi connectivity index (χ0v) is 20.8. The maximum atomic E-state index is 15.2. The molecule has 2 N–H and O–H groups in total. The highest BCUT2D eigenvalue weighted by molar-refractivity contribution is 7.92. The average Bonchev–Trinajstić information content (AvgIpc) is 3.23. The Kier molecular flexibility index (Phi) is 6.10. The zero-order valence-electron chi connectivity index (χ0n) is 20.0. The van der Waals surface area contributed by atoms with Crippen molar-refractivity contribution in [3.63, 3.8) is 0 Å². The molecule has 0 aliphatic carbocycles. The summed E-state index contributed by atoms with van der Waals surface area (Å²) in [6.07, 6.45) is 4.59. The molecule has 3 heterocycles. The summed E-state index contributed by atoms with van der Waals surface area (Å²) < 4.78 is 40.5. The quantitative estimate of drug-likeness (QED) is 0.396. The van der Waals surface area contributed by atoms with Crippen molar-refractivity contribution < 1.29 is 12.8 Å². The minimum absolute atomic E-state index is 0.0827. The first kappa shape index (κ1) is 23.8. The van der Waals surface area contributed by atoms with Gasteiger partial charge in [0, 0.05) is 35.6 Å². The number of piperidine rings is 1. The summed E-state index contributed by atoms with van der Waals surface area (Å²) in [4.78, 5) is 6.89. The van der Waals surface area contributed by atoms with Crippen LogP contribution in [-0.2, 0) is 10.0 Å². The van der Waals surface area contributed by atoms with E-state index in [9.17, 15) is 13.7 Å². The molecule has 2 aromatic carbocycles. The van der Waals surface area contributed by atoms with Crippen molar-refractivity contribution in [2.24, 2.45) is 0 Å². The van der Waals surface area contributed by atoms with Gasteiger partial charge in [0.15, 0.2) is 5.65 Å². The maximum Gasteiger partial charge on any atom is 0.229 e. The number of fused-ring (bicyclic) bond motifs is 1. The van der Waals surface area contributed by atoms with E-state index in [2.05, 4.69) is 43.0 Å². The van der Waals surface area contributed by atoms with Crippen LogP contribution in [0.15, 0.2) is 42.5 Å². The van der Waals surface area contributed by atoms with Gasteiger partial charge in [0.05, 0.1) is 28.6 Å². The van der Waals surface area contributed by atoms with Crippen molar-refractivity contribution in [2.45, 2.75) is 26.2 Å². The van der Waals surface area contributed by atoms with E-state index in [1.54, 1.807) is 0 Å². The smallest absolute Gasteiger partial charge is 0.229 e. The molecule has 1 aliphatic rings. The average molecular weight is 505 g/mol. The molecule has 0 atom stereocenters. The number of sulfonamides is 1. The number of hydrogen-bond acceptors (Lipinski definition) is 6. The van der Waals surface area contributed by atoms with Crippen LogP contribution in [0.5, 0.6) is 0 Å². The minimum Gasteiger partial charge on any atom is -0.372 e. The number of aryl methyl sites for hydroxylation is 1. The zero-order chi connectivity index (χ0) is 25.4. The molecular formula is C26H25FN6O2S. The van der Waals surface area contributed by atoms with Gasteiger partial charge < -0.3 is 4.90 Å². The predicted octanol–water partition coefficient (Wildman–Crippen LogP) is 4.97. The van der Waals surface area contributed by atoms with Crippen LogP contribution in [0.25, 0.3) is 33.4 Å². The number of aromatic nitrogens is 3. The van der Waals surface area contributed by atoms with Gasteiger partial charge in [0.2, 0.25) is 10.0 Å². The summed E-state index contributed by atoms with van der Waals surface area (Å²) in [5.41, 5.74) is 4.23. The van der Waals surface area contributed by atoms with Gasteiger partial charge in [-0.1, -0.05) is 12.1 Å². The minimum atomic E-state index is -3.57.